The third-order valence-electron chi connectivity index (χ3n) is 0.609. The number of ether oxygens (including phenoxy) is 1. The zero-order valence-electron chi connectivity index (χ0n) is 5.90. The van der Waals surface area contributed by atoms with Crippen molar-refractivity contribution in [2.75, 3.05) is 7.11 Å². The van der Waals surface area contributed by atoms with Gasteiger partial charge < -0.3 is 4.74 Å². The molecule has 0 N–H and O–H groups in total. The van der Waals surface area contributed by atoms with Crippen molar-refractivity contribution in [3.63, 3.8) is 0 Å². The van der Waals surface area contributed by atoms with Gasteiger partial charge >= 0.3 is 22.0 Å². The summed E-state index contributed by atoms with van der Waals surface area (Å²) in [6.45, 7) is 3.47. The molecule has 0 aliphatic heterocycles. The molecule has 0 aliphatic rings. The average Bonchev–Trinajstić information content (AvgIpc) is 1.90. The lowest BCUT2D eigenvalue weighted by molar-refractivity contribution is -0.140. The van der Waals surface area contributed by atoms with Crippen molar-refractivity contribution in [3.8, 4) is 0 Å². The first-order valence-corrected chi connectivity index (χ1v) is 10.5. The van der Waals surface area contributed by atoms with Gasteiger partial charge in [-0.3, -0.25) is 30.6 Å². The Morgan fingerprint density at radius 2 is 2.10 bits per heavy atom. The molecule has 0 atom stereocenters. The Kier molecular flexibility index (Phi) is 17.7. The van der Waals surface area contributed by atoms with Crippen LogP contribution in [-0.2, 0) is 9.53 Å². The molecule has 0 spiro atoms. The Morgan fingerprint density at radius 1 is 1.70 bits per heavy atom. The summed E-state index contributed by atoms with van der Waals surface area (Å²) in [5.41, 5.74) is 0. The Hall–Kier alpha value is 1.20. The van der Waals surface area contributed by atoms with Crippen LogP contribution in [0.5, 0.6) is 0 Å². The largest absolute Gasteiger partial charge is 0.560 e. The molecule has 5 heteroatoms. The van der Waals surface area contributed by atoms with Crippen LogP contribution in [0.25, 0.3) is 0 Å². The third-order valence-corrected chi connectivity index (χ3v) is 0.609. The fourth-order valence-corrected chi connectivity index (χ4v) is 0.246. The van der Waals surface area contributed by atoms with Crippen molar-refractivity contribution in [1.82, 2.24) is 0 Å². The lowest BCUT2D eigenvalue weighted by Crippen LogP contribution is -1.97. The number of halogens is 2. The van der Waals surface area contributed by atoms with Gasteiger partial charge in [0.05, 0.1) is 7.11 Å². The molecule has 0 aromatic heterocycles. The smallest absolute Gasteiger partial charge is 0.469 e. The van der Waals surface area contributed by atoms with Crippen LogP contribution in [0.15, 0.2) is 0 Å². The van der Waals surface area contributed by atoms with Crippen LogP contribution < -0.4 is 0 Å². The van der Waals surface area contributed by atoms with E-state index in [1.165, 1.54) is 7.11 Å². The maximum absolute atomic E-state index is 10.1. The SMILES string of the molecule is [Br][Mg][Br].[CH2]CCC(=O)OC. The van der Waals surface area contributed by atoms with Crippen molar-refractivity contribution < 1.29 is 9.53 Å². The Labute approximate surface area is 83.5 Å². The molecule has 0 unspecified atom stereocenters. The monoisotopic (exact) mass is 283 g/mol. The highest BCUT2D eigenvalue weighted by Crippen LogP contribution is 1.86. The first-order valence-electron chi connectivity index (χ1n) is 2.70. The summed E-state index contributed by atoms with van der Waals surface area (Å²) in [7, 11) is 1.37. The zero-order chi connectivity index (χ0) is 8.41. The summed E-state index contributed by atoms with van der Waals surface area (Å²) >= 11 is 6.44. The molecule has 0 fully saturated rings. The molecule has 57 valence electrons. The van der Waals surface area contributed by atoms with E-state index in [9.17, 15) is 4.79 Å². The summed E-state index contributed by atoms with van der Waals surface area (Å²) in [6.07, 6.45) is 1.04. The molecule has 10 heavy (non-hydrogen) atoms. The van der Waals surface area contributed by atoms with E-state index in [1.807, 2.05) is 0 Å². The molecular formula is C5H9Br2MgO2. The normalized spacial score (nSPS) is 6.80. The molecule has 0 aromatic rings. The third kappa shape index (κ3) is 16.1. The quantitative estimate of drug-likeness (QED) is 0.573. The van der Waals surface area contributed by atoms with Gasteiger partial charge in [0, 0.05) is 6.42 Å². The van der Waals surface area contributed by atoms with Gasteiger partial charge in [0.1, 0.15) is 0 Å². The minimum Gasteiger partial charge on any atom is -0.469 e. The maximum Gasteiger partial charge on any atom is 0.560 e. The molecule has 0 amide bonds. The van der Waals surface area contributed by atoms with E-state index in [2.05, 4.69) is 37.4 Å². The van der Waals surface area contributed by atoms with Crippen LogP contribution in [0.2, 0.25) is 0 Å². The number of esters is 1. The molecule has 0 bridgehead atoms. The summed E-state index contributed by atoms with van der Waals surface area (Å²) in [5, 5.41) is 0. The molecule has 0 rings (SSSR count). The van der Waals surface area contributed by atoms with Crippen molar-refractivity contribution in [2.45, 2.75) is 12.8 Å². The van der Waals surface area contributed by atoms with E-state index in [1.54, 1.807) is 0 Å². The highest BCUT2D eigenvalue weighted by atomic mass is 79.9. The lowest BCUT2D eigenvalue weighted by atomic mass is 10.3. The molecule has 1 radical (unpaired) electrons. The lowest BCUT2D eigenvalue weighted by Gasteiger charge is -1.90. The molecular weight excluding hydrogens is 276 g/mol. The average molecular weight is 285 g/mol. The summed E-state index contributed by atoms with van der Waals surface area (Å²) < 4.78 is 4.31. The van der Waals surface area contributed by atoms with Crippen molar-refractivity contribution >= 4 is 47.8 Å². The van der Waals surface area contributed by atoms with Crippen LogP contribution in [0.4, 0.5) is 0 Å². The van der Waals surface area contributed by atoms with Gasteiger partial charge in [0.2, 0.25) is 0 Å². The van der Waals surface area contributed by atoms with Crippen molar-refractivity contribution in [3.05, 3.63) is 6.92 Å². The van der Waals surface area contributed by atoms with Gasteiger partial charge in [0.25, 0.3) is 0 Å². The number of carbonyl (C=O) groups is 1. The Morgan fingerprint density at radius 3 is 2.20 bits per heavy atom. The van der Waals surface area contributed by atoms with E-state index >= 15 is 0 Å². The predicted octanol–water partition coefficient (Wildman–Crippen LogP) is 2.08. The van der Waals surface area contributed by atoms with E-state index < -0.39 is 0 Å². The highest BCUT2D eigenvalue weighted by molar-refractivity contribution is 9.47. The second kappa shape index (κ2) is 12.8. The zero-order valence-corrected chi connectivity index (χ0v) is 10.5. The number of carbonyl (C=O) groups excluding carboxylic acids is 1. The van der Waals surface area contributed by atoms with Gasteiger partial charge in [-0.1, -0.05) is 6.92 Å². The van der Waals surface area contributed by atoms with Gasteiger partial charge in [-0.25, -0.2) is 0 Å². The maximum atomic E-state index is 10.1. The fraction of sp³-hybridized carbons (Fsp3) is 0.600. The highest BCUT2D eigenvalue weighted by Gasteiger charge is 1.92. The number of hydrogen-bond acceptors (Lipinski definition) is 2. The summed E-state index contributed by atoms with van der Waals surface area (Å²) in [6, 6.07) is 0. The molecule has 0 heterocycles. The second-order valence-corrected chi connectivity index (χ2v) is 9.36. The molecule has 0 saturated carbocycles. The van der Waals surface area contributed by atoms with E-state index in [0.29, 0.717) is 12.8 Å². The first kappa shape index (κ1) is 13.8. The minimum absolute atomic E-state index is 0.0417. The van der Waals surface area contributed by atoms with Crippen molar-refractivity contribution in [1.29, 1.82) is 0 Å². The van der Waals surface area contributed by atoms with E-state index in [0.717, 1.165) is 0 Å². The fourth-order valence-electron chi connectivity index (χ4n) is 0.246. The van der Waals surface area contributed by atoms with Crippen LogP contribution >= 0.6 is 25.8 Å². The van der Waals surface area contributed by atoms with Crippen LogP contribution in [0, 0.1) is 6.92 Å². The van der Waals surface area contributed by atoms with Gasteiger partial charge in [-0.2, -0.15) is 0 Å². The van der Waals surface area contributed by atoms with Crippen molar-refractivity contribution in [2.24, 2.45) is 0 Å². The summed E-state index contributed by atoms with van der Waals surface area (Å²) in [5.74, 6) is -0.185. The molecule has 0 saturated heterocycles. The Bertz CT molecular complexity index is 80.0. The van der Waals surface area contributed by atoms with Gasteiger partial charge in [-0.15, -0.1) is 0 Å². The van der Waals surface area contributed by atoms with Gasteiger partial charge in [-0.05, 0) is 6.42 Å². The van der Waals surface area contributed by atoms with Crippen LogP contribution in [-0.4, -0.2) is 29.1 Å². The summed E-state index contributed by atoms with van der Waals surface area (Å²) in [4.78, 5) is 10.1. The minimum atomic E-state index is -0.185. The van der Waals surface area contributed by atoms with E-state index in [4.69, 9.17) is 0 Å². The molecule has 0 aliphatic carbocycles. The van der Waals surface area contributed by atoms with Crippen LogP contribution in [0.1, 0.15) is 12.8 Å². The van der Waals surface area contributed by atoms with E-state index in [-0.39, 0.29) is 22.0 Å². The number of hydrogen-bond donors (Lipinski definition) is 0. The van der Waals surface area contributed by atoms with Crippen LogP contribution in [0.3, 0.4) is 0 Å². The Balaban J connectivity index is 0. The van der Waals surface area contributed by atoms with Gasteiger partial charge in [0.15, 0.2) is 0 Å². The standard InChI is InChI=1S/C5H9O2.2BrH.Mg/c1-3-4-5(6)7-2;;;/h1,3-4H2,2H3;2*1H;/q;;;+2/p-2. The topological polar surface area (TPSA) is 26.3 Å². The second-order valence-electron chi connectivity index (χ2n) is 1.28. The molecule has 2 nitrogen and oxygen atoms in total. The number of methoxy groups -OCH3 is 1. The molecule has 0 aromatic carbocycles. The first-order chi connectivity index (χ1) is 4.72. The number of rotatable bonds is 2. The predicted molar refractivity (Wildman–Crippen MR) is 50.2 cm³/mol.